The van der Waals surface area contributed by atoms with E-state index in [9.17, 15) is 4.39 Å². The number of hydrogen-bond acceptors (Lipinski definition) is 3. The predicted molar refractivity (Wildman–Crippen MR) is 63.4 cm³/mol. The Labute approximate surface area is 99.9 Å². The molecule has 0 bridgehead atoms. The third kappa shape index (κ3) is 4.35. The van der Waals surface area contributed by atoms with Crippen LogP contribution in [0.2, 0.25) is 5.02 Å². The highest BCUT2D eigenvalue weighted by Crippen LogP contribution is 2.24. The first-order valence-corrected chi connectivity index (χ1v) is 5.35. The lowest BCUT2D eigenvalue weighted by molar-refractivity contribution is 0.254. The minimum Gasteiger partial charge on any atom is -0.490 e. The molecule has 0 fully saturated rings. The summed E-state index contributed by atoms with van der Waals surface area (Å²) >= 11 is 5.80. The van der Waals surface area contributed by atoms with Gasteiger partial charge in [0.05, 0.1) is 11.1 Å². The van der Waals surface area contributed by atoms with Crippen LogP contribution < -0.4 is 10.5 Å². The van der Waals surface area contributed by atoms with E-state index in [0.717, 1.165) is 6.54 Å². The first kappa shape index (κ1) is 13.2. The van der Waals surface area contributed by atoms with Crippen LogP contribution in [-0.2, 0) is 0 Å². The maximum Gasteiger partial charge on any atom is 0.138 e. The first-order valence-electron chi connectivity index (χ1n) is 4.97. The van der Waals surface area contributed by atoms with Gasteiger partial charge in [0.25, 0.3) is 0 Å². The lowest BCUT2D eigenvalue weighted by Crippen LogP contribution is -2.37. The summed E-state index contributed by atoms with van der Waals surface area (Å²) in [6, 6.07) is 3.92. The molecule has 0 aliphatic carbocycles. The van der Waals surface area contributed by atoms with Crippen molar-refractivity contribution in [3.8, 4) is 5.75 Å². The molecule has 90 valence electrons. The van der Waals surface area contributed by atoms with Gasteiger partial charge in [-0.05, 0) is 32.3 Å². The minimum atomic E-state index is -0.380. The molecule has 2 N–H and O–H groups in total. The quantitative estimate of drug-likeness (QED) is 0.860. The second-order valence-corrected chi connectivity index (χ2v) is 4.32. The Kier molecular flexibility index (Phi) is 4.99. The SMILES string of the molecule is CN(C)CC(N)COc1ccc(F)cc1Cl. The van der Waals surface area contributed by atoms with Crippen molar-refractivity contribution in [2.75, 3.05) is 27.2 Å². The first-order chi connectivity index (χ1) is 7.49. The Hall–Kier alpha value is -0.840. The van der Waals surface area contributed by atoms with Crippen molar-refractivity contribution < 1.29 is 9.13 Å². The summed E-state index contributed by atoms with van der Waals surface area (Å²) in [5, 5.41) is 0.261. The van der Waals surface area contributed by atoms with E-state index in [2.05, 4.69) is 0 Å². The van der Waals surface area contributed by atoms with E-state index >= 15 is 0 Å². The highest BCUT2D eigenvalue weighted by atomic mass is 35.5. The van der Waals surface area contributed by atoms with Crippen molar-refractivity contribution in [1.29, 1.82) is 0 Å². The molecule has 3 nitrogen and oxygen atoms in total. The van der Waals surface area contributed by atoms with Crippen LogP contribution in [0.15, 0.2) is 18.2 Å². The van der Waals surface area contributed by atoms with Crippen molar-refractivity contribution in [3.63, 3.8) is 0 Å². The average molecular weight is 247 g/mol. The van der Waals surface area contributed by atoms with Crippen molar-refractivity contribution in [1.82, 2.24) is 4.90 Å². The maximum absolute atomic E-state index is 12.7. The smallest absolute Gasteiger partial charge is 0.138 e. The fourth-order valence-electron chi connectivity index (χ4n) is 1.31. The molecule has 0 radical (unpaired) electrons. The summed E-state index contributed by atoms with van der Waals surface area (Å²) in [7, 11) is 3.87. The van der Waals surface area contributed by atoms with Crippen LogP contribution in [0.5, 0.6) is 5.75 Å². The van der Waals surface area contributed by atoms with E-state index in [4.69, 9.17) is 22.1 Å². The highest BCUT2D eigenvalue weighted by molar-refractivity contribution is 6.32. The van der Waals surface area contributed by atoms with Crippen LogP contribution in [0.3, 0.4) is 0 Å². The molecule has 0 aromatic heterocycles. The molecule has 1 aromatic rings. The highest BCUT2D eigenvalue weighted by Gasteiger charge is 2.07. The molecule has 0 amide bonds. The minimum absolute atomic E-state index is 0.101. The van der Waals surface area contributed by atoms with E-state index < -0.39 is 0 Å². The zero-order valence-electron chi connectivity index (χ0n) is 9.41. The second kappa shape index (κ2) is 6.03. The molecule has 1 atom stereocenters. The van der Waals surface area contributed by atoms with Crippen molar-refractivity contribution in [3.05, 3.63) is 29.0 Å². The largest absolute Gasteiger partial charge is 0.490 e. The van der Waals surface area contributed by atoms with Gasteiger partial charge in [-0.15, -0.1) is 0 Å². The number of rotatable bonds is 5. The van der Waals surface area contributed by atoms with Gasteiger partial charge in [-0.25, -0.2) is 4.39 Å². The summed E-state index contributed by atoms with van der Waals surface area (Å²) in [6.07, 6.45) is 0. The van der Waals surface area contributed by atoms with E-state index in [1.165, 1.54) is 18.2 Å². The third-order valence-corrected chi connectivity index (χ3v) is 2.24. The summed E-state index contributed by atoms with van der Waals surface area (Å²) < 4.78 is 18.2. The van der Waals surface area contributed by atoms with Crippen molar-refractivity contribution >= 4 is 11.6 Å². The average Bonchev–Trinajstić information content (AvgIpc) is 2.15. The van der Waals surface area contributed by atoms with Crippen molar-refractivity contribution in [2.45, 2.75) is 6.04 Å². The monoisotopic (exact) mass is 246 g/mol. The van der Waals surface area contributed by atoms with Crippen LogP contribution in [0.25, 0.3) is 0 Å². The molecule has 0 aliphatic heterocycles. The van der Waals surface area contributed by atoms with Crippen LogP contribution in [0.1, 0.15) is 0 Å². The van der Waals surface area contributed by atoms with Crippen LogP contribution in [-0.4, -0.2) is 38.2 Å². The van der Waals surface area contributed by atoms with Crippen LogP contribution in [0.4, 0.5) is 4.39 Å². The number of halogens is 2. The zero-order valence-corrected chi connectivity index (χ0v) is 10.2. The Morgan fingerprint density at radius 3 is 2.75 bits per heavy atom. The Balaban J connectivity index is 2.48. The maximum atomic E-state index is 12.7. The lowest BCUT2D eigenvalue weighted by Gasteiger charge is -2.17. The molecule has 0 heterocycles. The lowest BCUT2D eigenvalue weighted by atomic mass is 10.3. The third-order valence-electron chi connectivity index (χ3n) is 1.95. The number of likely N-dealkylation sites (N-methyl/N-ethyl adjacent to an activating group) is 1. The number of ether oxygens (including phenoxy) is 1. The molecule has 0 spiro atoms. The molecule has 5 heteroatoms. The molecular weight excluding hydrogens is 231 g/mol. The van der Waals surface area contributed by atoms with Gasteiger partial charge in [0.1, 0.15) is 18.2 Å². The van der Waals surface area contributed by atoms with E-state index in [1.54, 1.807) is 0 Å². The topological polar surface area (TPSA) is 38.5 Å². The molecule has 0 saturated carbocycles. The second-order valence-electron chi connectivity index (χ2n) is 3.91. The number of benzene rings is 1. The van der Waals surface area contributed by atoms with Crippen molar-refractivity contribution in [2.24, 2.45) is 5.73 Å². The summed E-state index contributed by atoms with van der Waals surface area (Å²) in [4.78, 5) is 1.97. The molecular formula is C11H16ClFN2O. The van der Waals surface area contributed by atoms with E-state index in [-0.39, 0.29) is 16.9 Å². The Morgan fingerprint density at radius 2 is 2.19 bits per heavy atom. The van der Waals surface area contributed by atoms with Gasteiger partial charge in [-0.3, -0.25) is 0 Å². The number of nitrogens with zero attached hydrogens (tertiary/aromatic N) is 1. The number of hydrogen-bond donors (Lipinski definition) is 1. The Bertz CT molecular complexity index is 347. The standard InChI is InChI=1S/C11H16ClFN2O/c1-15(2)6-9(14)7-16-11-4-3-8(13)5-10(11)12/h3-5,9H,6-7,14H2,1-2H3. The molecule has 0 aliphatic rings. The van der Waals surface area contributed by atoms with Gasteiger partial charge in [0.15, 0.2) is 0 Å². The fourth-order valence-corrected chi connectivity index (χ4v) is 1.53. The molecule has 16 heavy (non-hydrogen) atoms. The van der Waals surface area contributed by atoms with Gasteiger partial charge in [0.2, 0.25) is 0 Å². The Morgan fingerprint density at radius 1 is 1.50 bits per heavy atom. The molecule has 0 saturated heterocycles. The zero-order chi connectivity index (χ0) is 12.1. The van der Waals surface area contributed by atoms with Gasteiger partial charge in [-0.1, -0.05) is 11.6 Å². The van der Waals surface area contributed by atoms with Gasteiger partial charge in [0, 0.05) is 6.54 Å². The van der Waals surface area contributed by atoms with E-state index in [1.807, 2.05) is 19.0 Å². The van der Waals surface area contributed by atoms with Gasteiger partial charge < -0.3 is 15.4 Å². The molecule has 1 aromatic carbocycles. The van der Waals surface area contributed by atoms with Gasteiger partial charge in [-0.2, -0.15) is 0 Å². The summed E-state index contributed by atoms with van der Waals surface area (Å²) in [5.74, 6) is 0.0761. The number of nitrogens with two attached hydrogens (primary N) is 1. The summed E-state index contributed by atoms with van der Waals surface area (Å²) in [5.41, 5.74) is 5.82. The van der Waals surface area contributed by atoms with Crippen LogP contribution in [0, 0.1) is 5.82 Å². The molecule has 1 unspecified atom stereocenters. The predicted octanol–water partition coefficient (Wildman–Crippen LogP) is 1.75. The molecule has 1 rings (SSSR count). The van der Waals surface area contributed by atoms with E-state index in [0.29, 0.717) is 12.4 Å². The van der Waals surface area contributed by atoms with Gasteiger partial charge >= 0.3 is 0 Å². The fraction of sp³-hybridized carbons (Fsp3) is 0.455. The normalized spacial score (nSPS) is 12.9. The van der Waals surface area contributed by atoms with Crippen LogP contribution >= 0.6 is 11.6 Å². The summed E-state index contributed by atoms with van der Waals surface area (Å²) in [6.45, 7) is 1.07.